The molecule has 12 heteroatoms. The maximum Gasteiger partial charge on any atom is 0.267 e. The van der Waals surface area contributed by atoms with Gasteiger partial charge in [0.2, 0.25) is 5.04 Å². The molecule has 5 fully saturated rings. The highest BCUT2D eigenvalue weighted by Gasteiger charge is 2.49. The molecule has 0 aromatic carbocycles. The fraction of sp³-hybridized carbons (Fsp3) is 0.886. The van der Waals surface area contributed by atoms with E-state index in [0.717, 1.165) is 23.7 Å². The van der Waals surface area contributed by atoms with Gasteiger partial charge in [-0.2, -0.15) is 8.42 Å². The number of thioether (sulfide) groups is 2. The average molecular weight is 732 g/mol. The topological polar surface area (TPSA) is 107 Å². The van der Waals surface area contributed by atoms with Gasteiger partial charge in [0.1, 0.15) is 6.54 Å². The van der Waals surface area contributed by atoms with E-state index in [2.05, 4.69) is 15.6 Å². The summed E-state index contributed by atoms with van der Waals surface area (Å²) < 4.78 is 64.2. The first-order valence-electron chi connectivity index (χ1n) is 18.6. The number of fused-ring (bicyclic) bond motifs is 2. The average Bonchev–Trinajstić information content (AvgIpc) is 3.59. The summed E-state index contributed by atoms with van der Waals surface area (Å²) >= 11 is 3.96. The number of hydrogen-bond donors (Lipinski definition) is 2. The lowest BCUT2D eigenvalue weighted by atomic mass is 9.72. The summed E-state index contributed by atoms with van der Waals surface area (Å²) in [6.07, 6.45) is 23.7. The first kappa shape index (κ1) is 36.5. The van der Waals surface area contributed by atoms with E-state index in [4.69, 9.17) is 4.18 Å². The van der Waals surface area contributed by atoms with Crippen LogP contribution in [-0.4, -0.2) is 89.1 Å². The molecule has 47 heavy (non-hydrogen) atoms. The normalized spacial score (nSPS) is 35.5. The lowest BCUT2D eigenvalue weighted by Crippen LogP contribution is -2.42. The van der Waals surface area contributed by atoms with Gasteiger partial charge >= 0.3 is 0 Å². The van der Waals surface area contributed by atoms with Crippen molar-refractivity contribution in [2.75, 3.05) is 19.7 Å². The van der Waals surface area contributed by atoms with Crippen LogP contribution < -0.4 is 0 Å². The molecule has 1 saturated heterocycles. The Balaban J connectivity index is 1.27. The molecule has 6 aliphatic rings. The van der Waals surface area contributed by atoms with E-state index in [-0.39, 0.29) is 6.61 Å². The summed E-state index contributed by atoms with van der Waals surface area (Å²) in [5, 5.41) is 3.92. The molecule has 0 aromatic heterocycles. The van der Waals surface area contributed by atoms with Crippen LogP contribution >= 0.6 is 23.5 Å². The highest BCUT2D eigenvalue weighted by atomic mass is 32.2. The van der Waals surface area contributed by atoms with Crippen molar-refractivity contribution < 1.29 is 30.5 Å². The second-order valence-corrected chi connectivity index (χ2v) is 21.4. The minimum atomic E-state index is -4.09. The maximum absolute atomic E-state index is 12.3. The highest BCUT2D eigenvalue weighted by Crippen LogP contribution is 2.51. The highest BCUT2D eigenvalue weighted by molar-refractivity contribution is 8.15. The van der Waals surface area contributed by atoms with Gasteiger partial charge in [-0.25, -0.2) is 8.78 Å². The Bertz CT molecular complexity index is 1380. The molecule has 4 aliphatic carbocycles. The summed E-state index contributed by atoms with van der Waals surface area (Å²) in [4.78, 5) is 2.49. The van der Waals surface area contributed by atoms with Gasteiger partial charge in [0, 0.05) is 42.1 Å². The molecule has 2 aliphatic heterocycles. The van der Waals surface area contributed by atoms with Crippen molar-refractivity contribution in [2.24, 2.45) is 23.7 Å². The van der Waals surface area contributed by atoms with E-state index in [0.29, 0.717) is 42.1 Å². The van der Waals surface area contributed by atoms with Crippen LogP contribution in [0.25, 0.3) is 0 Å². The largest absolute Gasteiger partial charge is 0.360 e. The Morgan fingerprint density at radius 1 is 0.851 bits per heavy atom. The number of rotatable bonds is 11. The minimum Gasteiger partial charge on any atom is -0.360 e. The molecule has 2 heterocycles. The summed E-state index contributed by atoms with van der Waals surface area (Å²) in [6.45, 7) is 4.58. The molecule has 0 amide bonds. The molecule has 6 rings (SSSR count). The zero-order valence-corrected chi connectivity index (χ0v) is 31.8. The molecule has 8 atom stereocenters. The first-order valence-corrected chi connectivity index (χ1v) is 23.4. The molecule has 8 unspecified atom stereocenters. The summed E-state index contributed by atoms with van der Waals surface area (Å²) in [7, 11) is -7.47. The Morgan fingerprint density at radius 2 is 1.47 bits per heavy atom. The molecule has 0 bridgehead atoms. The van der Waals surface area contributed by atoms with Gasteiger partial charge in [0.15, 0.2) is 16.1 Å². The molecule has 0 spiro atoms. The standard InChI is InChI=1S/C35H58N2O6S4/c1-3-46(38,39)43-21-20-37-31-23-29(27-12-8-5-9-13-27)15-17-33(31)45-35(37)24-34-36(19-18-25(2)47(40,41)42)30-22-28(14-16-32(30)44-34)26-10-6-4-7-11-26/h3,24-33H,4-23H2,1-2H3,(H-,38,39,40,41,42)/p+1. The summed E-state index contributed by atoms with van der Waals surface area (Å²) in [5.74, 6) is 3.13. The fourth-order valence-corrected chi connectivity index (χ4v) is 13.7. The Hall–Kier alpha value is -0.240. The smallest absolute Gasteiger partial charge is 0.267 e. The Morgan fingerprint density at radius 3 is 2.09 bits per heavy atom. The van der Waals surface area contributed by atoms with Crippen LogP contribution in [0.4, 0.5) is 0 Å². The van der Waals surface area contributed by atoms with Crippen LogP contribution in [0.2, 0.25) is 0 Å². The fourth-order valence-electron chi connectivity index (χ4n) is 9.76. The predicted octanol–water partition coefficient (Wildman–Crippen LogP) is 7.45. The third kappa shape index (κ3) is 8.98. The minimum absolute atomic E-state index is 0.196. The number of nitrogens with zero attached hydrogens (tertiary/aromatic N) is 2. The molecule has 8 nitrogen and oxygen atoms in total. The van der Waals surface area contributed by atoms with E-state index in [1.165, 1.54) is 118 Å². The monoisotopic (exact) mass is 731 g/mol. The molecule has 0 radical (unpaired) electrons. The molecule has 4 saturated carbocycles. The van der Waals surface area contributed by atoms with Crippen LogP contribution in [0.5, 0.6) is 0 Å². The van der Waals surface area contributed by atoms with E-state index in [1.54, 1.807) is 13.8 Å². The van der Waals surface area contributed by atoms with Gasteiger partial charge in [-0.1, -0.05) is 64.2 Å². The molecule has 0 aromatic rings. The lowest BCUT2D eigenvalue weighted by molar-refractivity contribution is -0.563. The molecule has 268 valence electrons. The van der Waals surface area contributed by atoms with Crippen LogP contribution in [0.3, 0.4) is 0 Å². The first-order chi connectivity index (χ1) is 22.5. The zero-order valence-electron chi connectivity index (χ0n) is 28.5. The number of hydrogen-bond acceptors (Lipinski definition) is 7. The SMILES string of the molecule is CC=S(=O)(O)OCCN1C(=CC2=[N+](CCC(C)S(=O)(=O)O)C3CC(C4CCCCC4)CCC3S2)SC2CCC(C3CCCCC3)CC21. The Labute approximate surface area is 293 Å². The summed E-state index contributed by atoms with van der Waals surface area (Å²) in [6, 6.07) is 0.787. The van der Waals surface area contributed by atoms with E-state index >= 15 is 0 Å². The third-order valence-corrected chi connectivity index (χ3v) is 17.8. The second kappa shape index (κ2) is 16.0. The predicted molar refractivity (Wildman–Crippen MR) is 197 cm³/mol. The zero-order chi connectivity index (χ0) is 33.2. The van der Waals surface area contributed by atoms with Crippen LogP contribution in [-0.2, 0) is 24.4 Å². The Kier molecular flexibility index (Phi) is 12.4. The van der Waals surface area contributed by atoms with Crippen molar-refractivity contribution >= 4 is 54.1 Å². The van der Waals surface area contributed by atoms with E-state index in [1.807, 2.05) is 23.5 Å². The van der Waals surface area contributed by atoms with Gasteiger partial charge in [-0.15, -0.1) is 11.8 Å². The lowest BCUT2D eigenvalue weighted by Gasteiger charge is -2.40. The summed E-state index contributed by atoms with van der Waals surface area (Å²) in [5.41, 5.74) is 0. The van der Waals surface area contributed by atoms with Gasteiger partial charge in [0.25, 0.3) is 10.1 Å². The van der Waals surface area contributed by atoms with Crippen molar-refractivity contribution in [2.45, 2.75) is 151 Å². The second-order valence-electron chi connectivity index (χ2n) is 15.3. The van der Waals surface area contributed by atoms with E-state index < -0.39 is 25.5 Å². The van der Waals surface area contributed by atoms with Gasteiger partial charge in [-0.3, -0.25) is 13.3 Å². The van der Waals surface area contributed by atoms with Crippen molar-refractivity contribution in [3.8, 4) is 0 Å². The molecule has 2 N–H and O–H groups in total. The van der Waals surface area contributed by atoms with Gasteiger partial charge in [0.05, 0.1) is 22.1 Å². The van der Waals surface area contributed by atoms with Crippen molar-refractivity contribution in [3.63, 3.8) is 0 Å². The maximum atomic E-state index is 12.3. The van der Waals surface area contributed by atoms with Crippen molar-refractivity contribution in [1.29, 1.82) is 0 Å². The quantitative estimate of drug-likeness (QED) is 0.127. The van der Waals surface area contributed by atoms with Crippen molar-refractivity contribution in [3.05, 3.63) is 11.1 Å². The third-order valence-electron chi connectivity index (χ3n) is 12.5. The van der Waals surface area contributed by atoms with Crippen LogP contribution in [0.15, 0.2) is 11.1 Å². The van der Waals surface area contributed by atoms with Crippen LogP contribution in [0.1, 0.15) is 123 Å². The van der Waals surface area contributed by atoms with Gasteiger partial charge < -0.3 is 4.90 Å². The molecular formula is C35H59N2O6S4+. The van der Waals surface area contributed by atoms with Crippen LogP contribution in [0, 0.1) is 23.7 Å². The van der Waals surface area contributed by atoms with Crippen molar-refractivity contribution in [1.82, 2.24) is 4.90 Å². The molecular weight excluding hydrogens is 673 g/mol. The van der Waals surface area contributed by atoms with E-state index in [9.17, 15) is 21.7 Å². The van der Waals surface area contributed by atoms with Gasteiger partial charge in [-0.05, 0) is 81.4 Å².